The second kappa shape index (κ2) is 10.9. The lowest BCUT2D eigenvalue weighted by Crippen LogP contribution is -2.51. The van der Waals surface area contributed by atoms with E-state index >= 15 is 0 Å². The van der Waals surface area contributed by atoms with Crippen LogP contribution in [0.2, 0.25) is 5.02 Å². The number of carbonyl (C=O) groups excluding carboxylic acids is 2. The first-order valence-corrected chi connectivity index (χ1v) is 10.2. The topological polar surface area (TPSA) is 49.4 Å². The smallest absolute Gasteiger partial charge is 0.243 e. The largest absolute Gasteiger partial charge is 0.352 e. The zero-order chi connectivity index (χ0) is 20.5. The van der Waals surface area contributed by atoms with Gasteiger partial charge in [-0.25, -0.2) is 0 Å². The van der Waals surface area contributed by atoms with Crippen molar-refractivity contribution in [3.05, 3.63) is 70.7 Å². The minimum atomic E-state index is -0.513. The van der Waals surface area contributed by atoms with Gasteiger partial charge >= 0.3 is 0 Å². The molecule has 0 fully saturated rings. The van der Waals surface area contributed by atoms with Gasteiger partial charge in [-0.2, -0.15) is 0 Å². The van der Waals surface area contributed by atoms with Gasteiger partial charge in [0.25, 0.3) is 0 Å². The summed E-state index contributed by atoms with van der Waals surface area (Å²) in [5.41, 5.74) is 1.88. The molecule has 2 rings (SSSR count). The summed E-state index contributed by atoms with van der Waals surface area (Å²) in [4.78, 5) is 27.7. The van der Waals surface area contributed by atoms with Crippen LogP contribution in [-0.4, -0.2) is 28.8 Å². The maximum atomic E-state index is 13.2. The molecule has 0 saturated heterocycles. The number of hydrogen-bond donors (Lipinski definition) is 1. The van der Waals surface area contributed by atoms with Crippen LogP contribution in [-0.2, 0) is 22.6 Å². The van der Waals surface area contributed by atoms with Crippen molar-refractivity contribution in [2.45, 2.75) is 58.7 Å². The van der Waals surface area contributed by atoms with Gasteiger partial charge in [0.05, 0.1) is 6.42 Å². The van der Waals surface area contributed by atoms with Crippen molar-refractivity contribution in [2.24, 2.45) is 0 Å². The minimum Gasteiger partial charge on any atom is -0.352 e. The van der Waals surface area contributed by atoms with Gasteiger partial charge in [-0.05, 0) is 43.0 Å². The van der Waals surface area contributed by atoms with Crippen LogP contribution in [0.1, 0.15) is 44.7 Å². The van der Waals surface area contributed by atoms with Crippen molar-refractivity contribution in [2.75, 3.05) is 0 Å². The molecule has 28 heavy (non-hydrogen) atoms. The highest BCUT2D eigenvalue weighted by Gasteiger charge is 2.29. The predicted octanol–water partition coefficient (Wildman–Crippen LogP) is 4.60. The summed E-state index contributed by atoms with van der Waals surface area (Å²) in [6.45, 7) is 6.30. The third kappa shape index (κ3) is 6.38. The highest BCUT2D eigenvalue weighted by molar-refractivity contribution is 6.30. The molecular weight excluding hydrogens is 372 g/mol. The summed E-state index contributed by atoms with van der Waals surface area (Å²) in [5, 5.41) is 3.67. The Morgan fingerprint density at radius 1 is 0.964 bits per heavy atom. The number of halogens is 1. The first kappa shape index (κ1) is 22.0. The molecule has 0 aliphatic carbocycles. The molecule has 1 N–H and O–H groups in total. The van der Waals surface area contributed by atoms with E-state index in [0.29, 0.717) is 18.0 Å². The summed E-state index contributed by atoms with van der Waals surface area (Å²) >= 11 is 5.99. The van der Waals surface area contributed by atoms with Gasteiger partial charge in [0.15, 0.2) is 0 Å². The van der Waals surface area contributed by atoms with Crippen molar-refractivity contribution in [3.63, 3.8) is 0 Å². The molecule has 0 heterocycles. The van der Waals surface area contributed by atoms with Gasteiger partial charge in [-0.15, -0.1) is 0 Å². The standard InChI is InChI=1S/C23H29ClN2O2/c1-4-17(3)25-23(28)21(5-2)26(16-19-11-13-20(24)14-12-19)22(27)15-18-9-7-6-8-10-18/h6-14,17,21H,4-5,15-16H2,1-3H3,(H,25,28)/t17-,21+/m1/s1. The van der Waals surface area contributed by atoms with Crippen LogP contribution in [0.3, 0.4) is 0 Å². The molecule has 2 amide bonds. The normalized spacial score (nSPS) is 12.9. The highest BCUT2D eigenvalue weighted by Crippen LogP contribution is 2.17. The zero-order valence-electron chi connectivity index (χ0n) is 16.8. The lowest BCUT2D eigenvalue weighted by molar-refractivity contribution is -0.141. The Morgan fingerprint density at radius 3 is 2.18 bits per heavy atom. The molecule has 0 aliphatic rings. The molecule has 0 aromatic heterocycles. The molecule has 2 aromatic carbocycles. The highest BCUT2D eigenvalue weighted by atomic mass is 35.5. The summed E-state index contributed by atoms with van der Waals surface area (Å²) in [5.74, 6) is -0.167. The van der Waals surface area contributed by atoms with E-state index in [1.807, 2.05) is 63.2 Å². The molecule has 0 saturated carbocycles. The molecule has 5 heteroatoms. The van der Waals surface area contributed by atoms with E-state index in [0.717, 1.165) is 17.5 Å². The van der Waals surface area contributed by atoms with Crippen LogP contribution in [0.4, 0.5) is 0 Å². The van der Waals surface area contributed by atoms with Crippen LogP contribution in [0.15, 0.2) is 54.6 Å². The van der Waals surface area contributed by atoms with Gasteiger partial charge in [0.1, 0.15) is 6.04 Å². The molecule has 0 radical (unpaired) electrons. The average Bonchev–Trinajstić information content (AvgIpc) is 2.69. The third-order valence-corrected chi connectivity index (χ3v) is 5.10. The number of carbonyl (C=O) groups is 2. The van der Waals surface area contributed by atoms with E-state index < -0.39 is 6.04 Å². The molecule has 2 atom stereocenters. The van der Waals surface area contributed by atoms with Crippen molar-refractivity contribution in [1.82, 2.24) is 10.2 Å². The average molecular weight is 401 g/mol. The Kier molecular flexibility index (Phi) is 8.52. The van der Waals surface area contributed by atoms with E-state index in [1.54, 1.807) is 17.0 Å². The monoisotopic (exact) mass is 400 g/mol. The third-order valence-electron chi connectivity index (χ3n) is 4.85. The second-order valence-corrected chi connectivity index (χ2v) is 7.49. The minimum absolute atomic E-state index is 0.0627. The number of nitrogens with zero attached hydrogens (tertiary/aromatic N) is 1. The van der Waals surface area contributed by atoms with E-state index in [9.17, 15) is 9.59 Å². The maximum absolute atomic E-state index is 13.2. The van der Waals surface area contributed by atoms with E-state index in [4.69, 9.17) is 11.6 Å². The number of nitrogens with one attached hydrogen (secondary N) is 1. The van der Waals surface area contributed by atoms with E-state index in [1.165, 1.54) is 0 Å². The van der Waals surface area contributed by atoms with Crippen molar-refractivity contribution < 1.29 is 9.59 Å². The fraction of sp³-hybridized carbons (Fsp3) is 0.391. The van der Waals surface area contributed by atoms with Gasteiger partial charge in [-0.1, -0.05) is 67.9 Å². The quantitative estimate of drug-likeness (QED) is 0.668. The van der Waals surface area contributed by atoms with E-state index in [2.05, 4.69) is 5.32 Å². The Hall–Kier alpha value is -2.33. The first-order chi connectivity index (χ1) is 13.4. The summed E-state index contributed by atoms with van der Waals surface area (Å²) in [6, 6.07) is 16.6. The van der Waals surface area contributed by atoms with Crippen molar-refractivity contribution >= 4 is 23.4 Å². The van der Waals surface area contributed by atoms with Gasteiger partial charge in [-0.3, -0.25) is 9.59 Å². The molecule has 0 bridgehead atoms. The molecule has 150 valence electrons. The maximum Gasteiger partial charge on any atom is 0.243 e. The molecule has 0 aliphatic heterocycles. The fourth-order valence-corrected chi connectivity index (χ4v) is 3.15. The first-order valence-electron chi connectivity index (χ1n) is 9.82. The lowest BCUT2D eigenvalue weighted by atomic mass is 10.1. The fourth-order valence-electron chi connectivity index (χ4n) is 3.02. The zero-order valence-corrected chi connectivity index (χ0v) is 17.6. The Morgan fingerprint density at radius 2 is 1.61 bits per heavy atom. The van der Waals surface area contributed by atoms with Crippen LogP contribution < -0.4 is 5.32 Å². The second-order valence-electron chi connectivity index (χ2n) is 7.05. The molecule has 2 aromatic rings. The van der Waals surface area contributed by atoms with Gasteiger partial charge in [0, 0.05) is 17.6 Å². The summed E-state index contributed by atoms with van der Waals surface area (Å²) < 4.78 is 0. The van der Waals surface area contributed by atoms with Crippen LogP contribution in [0, 0.1) is 0 Å². The summed E-state index contributed by atoms with van der Waals surface area (Å²) in [7, 11) is 0. The van der Waals surface area contributed by atoms with Crippen molar-refractivity contribution in [3.8, 4) is 0 Å². The number of rotatable bonds is 9. The molecule has 0 spiro atoms. The van der Waals surface area contributed by atoms with Gasteiger partial charge in [0.2, 0.25) is 11.8 Å². The molecular formula is C23H29ClN2O2. The van der Waals surface area contributed by atoms with Gasteiger partial charge < -0.3 is 10.2 Å². The summed E-state index contributed by atoms with van der Waals surface area (Å²) in [6.07, 6.45) is 1.66. The number of benzene rings is 2. The van der Waals surface area contributed by atoms with E-state index in [-0.39, 0.29) is 24.3 Å². The van der Waals surface area contributed by atoms with Crippen LogP contribution in [0.25, 0.3) is 0 Å². The van der Waals surface area contributed by atoms with Crippen molar-refractivity contribution in [1.29, 1.82) is 0 Å². The predicted molar refractivity (Wildman–Crippen MR) is 114 cm³/mol. The number of hydrogen-bond acceptors (Lipinski definition) is 2. The molecule has 4 nitrogen and oxygen atoms in total. The Labute approximate surface area is 172 Å². The Balaban J connectivity index is 2.25. The SMILES string of the molecule is CC[C@@H](C)NC(=O)[C@H](CC)N(Cc1ccc(Cl)cc1)C(=O)Cc1ccccc1. The Bertz CT molecular complexity index is 762. The lowest BCUT2D eigenvalue weighted by Gasteiger charge is -2.31. The molecule has 0 unspecified atom stereocenters. The number of amides is 2. The van der Waals surface area contributed by atoms with Crippen LogP contribution >= 0.6 is 11.6 Å². The van der Waals surface area contributed by atoms with Crippen LogP contribution in [0.5, 0.6) is 0 Å².